The fraction of sp³-hybridized carbons (Fsp3) is 0.125. The molecule has 7 heteroatoms. The molecule has 2 aromatic rings. The smallest absolute Gasteiger partial charge is 0.255 e. The Labute approximate surface area is 132 Å². The Morgan fingerprint density at radius 1 is 1.17 bits per heavy atom. The molecule has 0 atom stereocenters. The SMILES string of the molecule is COc1cc(NC(=O)CN)ccc1NC(=O)c1cccc(F)c1. The number of halogens is 1. The molecule has 6 nitrogen and oxygen atoms in total. The van der Waals surface area contributed by atoms with Crippen LogP contribution in [0.2, 0.25) is 0 Å². The number of nitrogens with two attached hydrogens (primary N) is 1. The second-order valence-corrected chi connectivity index (χ2v) is 4.63. The van der Waals surface area contributed by atoms with E-state index in [1.54, 1.807) is 18.2 Å². The van der Waals surface area contributed by atoms with Crippen LogP contribution in [0.1, 0.15) is 10.4 Å². The average Bonchev–Trinajstić information content (AvgIpc) is 2.55. The van der Waals surface area contributed by atoms with Gasteiger partial charge in [0.2, 0.25) is 5.91 Å². The molecule has 0 fully saturated rings. The number of carbonyl (C=O) groups is 2. The van der Waals surface area contributed by atoms with Crippen LogP contribution >= 0.6 is 0 Å². The molecule has 0 spiro atoms. The molecular weight excluding hydrogens is 301 g/mol. The summed E-state index contributed by atoms with van der Waals surface area (Å²) >= 11 is 0. The second kappa shape index (κ2) is 7.37. The van der Waals surface area contributed by atoms with Crippen LogP contribution in [0.5, 0.6) is 5.75 Å². The molecule has 0 aliphatic rings. The summed E-state index contributed by atoms with van der Waals surface area (Å²) in [5.74, 6) is -0.959. The Morgan fingerprint density at radius 3 is 2.61 bits per heavy atom. The van der Waals surface area contributed by atoms with Gasteiger partial charge in [0.1, 0.15) is 11.6 Å². The van der Waals surface area contributed by atoms with E-state index >= 15 is 0 Å². The predicted molar refractivity (Wildman–Crippen MR) is 85.0 cm³/mol. The molecule has 23 heavy (non-hydrogen) atoms. The van der Waals surface area contributed by atoms with E-state index in [1.807, 2.05) is 0 Å². The third-order valence-corrected chi connectivity index (χ3v) is 3.01. The number of benzene rings is 2. The van der Waals surface area contributed by atoms with Gasteiger partial charge in [0, 0.05) is 17.3 Å². The van der Waals surface area contributed by atoms with Crippen LogP contribution < -0.4 is 21.1 Å². The van der Waals surface area contributed by atoms with Crippen molar-refractivity contribution < 1.29 is 18.7 Å². The van der Waals surface area contributed by atoms with E-state index < -0.39 is 11.7 Å². The Morgan fingerprint density at radius 2 is 1.96 bits per heavy atom. The highest BCUT2D eigenvalue weighted by Crippen LogP contribution is 2.28. The average molecular weight is 317 g/mol. The standard InChI is InChI=1S/C16H16FN3O3/c1-23-14-8-12(19-15(21)9-18)5-6-13(14)20-16(22)10-3-2-4-11(17)7-10/h2-8H,9,18H2,1H3,(H,19,21)(H,20,22). The summed E-state index contributed by atoms with van der Waals surface area (Å²) in [4.78, 5) is 23.4. The molecule has 120 valence electrons. The number of methoxy groups -OCH3 is 1. The highest BCUT2D eigenvalue weighted by molar-refractivity contribution is 6.05. The second-order valence-electron chi connectivity index (χ2n) is 4.63. The zero-order valence-electron chi connectivity index (χ0n) is 12.4. The van der Waals surface area contributed by atoms with Crippen LogP contribution in [-0.2, 0) is 4.79 Å². The third-order valence-electron chi connectivity index (χ3n) is 3.01. The fourth-order valence-electron chi connectivity index (χ4n) is 1.91. The van der Waals surface area contributed by atoms with Gasteiger partial charge in [-0.3, -0.25) is 9.59 Å². The topological polar surface area (TPSA) is 93.4 Å². The van der Waals surface area contributed by atoms with E-state index in [2.05, 4.69) is 10.6 Å². The van der Waals surface area contributed by atoms with Crippen LogP contribution in [0, 0.1) is 5.82 Å². The van der Waals surface area contributed by atoms with Gasteiger partial charge in [0.25, 0.3) is 5.91 Å². The van der Waals surface area contributed by atoms with Gasteiger partial charge in [-0.15, -0.1) is 0 Å². The predicted octanol–water partition coefficient (Wildman–Crippen LogP) is 1.98. The van der Waals surface area contributed by atoms with E-state index in [0.29, 0.717) is 17.1 Å². The molecule has 0 saturated heterocycles. The quantitative estimate of drug-likeness (QED) is 0.786. The van der Waals surface area contributed by atoms with E-state index in [0.717, 1.165) is 6.07 Å². The fourth-order valence-corrected chi connectivity index (χ4v) is 1.91. The molecule has 0 aliphatic heterocycles. The monoisotopic (exact) mass is 317 g/mol. The number of hydrogen-bond donors (Lipinski definition) is 3. The lowest BCUT2D eigenvalue weighted by Gasteiger charge is -2.12. The first-order chi connectivity index (χ1) is 11.0. The molecule has 0 heterocycles. The third kappa shape index (κ3) is 4.27. The van der Waals surface area contributed by atoms with Crippen LogP contribution in [0.3, 0.4) is 0 Å². The van der Waals surface area contributed by atoms with Crippen molar-refractivity contribution in [3.8, 4) is 5.75 Å². The molecule has 0 bridgehead atoms. The molecule has 4 N–H and O–H groups in total. The number of amides is 2. The van der Waals surface area contributed by atoms with E-state index in [1.165, 1.54) is 25.3 Å². The molecule has 0 saturated carbocycles. The van der Waals surface area contributed by atoms with Crippen LogP contribution in [0.15, 0.2) is 42.5 Å². The summed E-state index contributed by atoms with van der Waals surface area (Å²) in [7, 11) is 1.43. The van der Waals surface area contributed by atoms with Gasteiger partial charge in [-0.1, -0.05) is 6.07 Å². The molecule has 2 aromatic carbocycles. The first-order valence-electron chi connectivity index (χ1n) is 6.78. The summed E-state index contributed by atoms with van der Waals surface area (Å²) in [6.45, 7) is -0.139. The number of anilines is 2. The highest BCUT2D eigenvalue weighted by atomic mass is 19.1. The van der Waals surface area contributed by atoms with Crippen molar-refractivity contribution in [3.05, 3.63) is 53.8 Å². The maximum Gasteiger partial charge on any atom is 0.255 e. The van der Waals surface area contributed by atoms with Gasteiger partial charge in [0.15, 0.2) is 0 Å². The van der Waals surface area contributed by atoms with Gasteiger partial charge < -0.3 is 21.1 Å². The zero-order valence-corrected chi connectivity index (χ0v) is 12.4. The number of carbonyl (C=O) groups excluding carboxylic acids is 2. The number of hydrogen-bond acceptors (Lipinski definition) is 4. The van der Waals surface area contributed by atoms with Gasteiger partial charge >= 0.3 is 0 Å². The van der Waals surface area contributed by atoms with E-state index in [4.69, 9.17) is 10.5 Å². The summed E-state index contributed by atoms with van der Waals surface area (Å²) in [6, 6.07) is 10.1. The summed E-state index contributed by atoms with van der Waals surface area (Å²) < 4.78 is 18.4. The van der Waals surface area contributed by atoms with E-state index in [-0.39, 0.29) is 18.0 Å². The lowest BCUT2D eigenvalue weighted by atomic mass is 10.2. The Kier molecular flexibility index (Phi) is 5.27. The Bertz CT molecular complexity index is 734. The molecule has 2 rings (SSSR count). The minimum absolute atomic E-state index is 0.139. The van der Waals surface area contributed by atoms with Crippen molar-refractivity contribution in [1.29, 1.82) is 0 Å². The van der Waals surface area contributed by atoms with Gasteiger partial charge in [-0.25, -0.2) is 4.39 Å². The molecule has 0 unspecified atom stereocenters. The summed E-state index contributed by atoms with van der Waals surface area (Å²) in [5, 5.41) is 5.21. The number of ether oxygens (including phenoxy) is 1. The van der Waals surface area contributed by atoms with Crippen molar-refractivity contribution in [3.63, 3.8) is 0 Å². The molecule has 0 aromatic heterocycles. The minimum Gasteiger partial charge on any atom is -0.494 e. The van der Waals surface area contributed by atoms with Gasteiger partial charge in [-0.05, 0) is 30.3 Å². The van der Waals surface area contributed by atoms with E-state index in [9.17, 15) is 14.0 Å². The minimum atomic E-state index is -0.496. The first kappa shape index (κ1) is 16.4. The highest BCUT2D eigenvalue weighted by Gasteiger charge is 2.11. The molecular formula is C16H16FN3O3. The van der Waals surface area contributed by atoms with Crippen LogP contribution in [0.25, 0.3) is 0 Å². The maximum atomic E-state index is 13.2. The first-order valence-corrected chi connectivity index (χ1v) is 6.78. The Balaban J connectivity index is 2.19. The molecule has 0 radical (unpaired) electrons. The summed E-state index contributed by atoms with van der Waals surface area (Å²) in [5.41, 5.74) is 6.30. The maximum absolute atomic E-state index is 13.2. The summed E-state index contributed by atoms with van der Waals surface area (Å²) in [6.07, 6.45) is 0. The van der Waals surface area contributed by atoms with Crippen molar-refractivity contribution in [1.82, 2.24) is 0 Å². The van der Waals surface area contributed by atoms with Crippen LogP contribution in [0.4, 0.5) is 15.8 Å². The van der Waals surface area contributed by atoms with Crippen molar-refractivity contribution in [2.45, 2.75) is 0 Å². The Hall–Kier alpha value is -2.93. The lowest BCUT2D eigenvalue weighted by molar-refractivity contribution is -0.114. The van der Waals surface area contributed by atoms with Gasteiger partial charge in [-0.2, -0.15) is 0 Å². The number of rotatable bonds is 5. The van der Waals surface area contributed by atoms with Crippen molar-refractivity contribution in [2.24, 2.45) is 5.73 Å². The zero-order chi connectivity index (χ0) is 16.8. The lowest BCUT2D eigenvalue weighted by Crippen LogP contribution is -2.21. The van der Waals surface area contributed by atoms with Gasteiger partial charge in [0.05, 0.1) is 19.3 Å². The number of nitrogens with one attached hydrogen (secondary N) is 2. The molecule has 0 aliphatic carbocycles. The van der Waals surface area contributed by atoms with Crippen LogP contribution in [-0.4, -0.2) is 25.5 Å². The normalized spacial score (nSPS) is 10.0. The van der Waals surface area contributed by atoms with Crippen molar-refractivity contribution in [2.75, 3.05) is 24.3 Å². The molecule has 2 amide bonds. The largest absolute Gasteiger partial charge is 0.494 e. The van der Waals surface area contributed by atoms with Crippen molar-refractivity contribution >= 4 is 23.2 Å².